The molecule has 2 N–H and O–H groups in total. The third kappa shape index (κ3) is 3.08. The van der Waals surface area contributed by atoms with Crippen molar-refractivity contribution in [2.45, 2.75) is 32.4 Å². The first-order valence-corrected chi connectivity index (χ1v) is 5.88. The van der Waals surface area contributed by atoms with Crippen LogP contribution in [0.25, 0.3) is 0 Å². The summed E-state index contributed by atoms with van der Waals surface area (Å²) in [6, 6.07) is 4.28. The fraction of sp³-hybridized carbons (Fsp3) is 0.636. The standard InChI is InChI=1S/C11H20N2S/c1-11(2,6-7-12)13(3)9-10-5-4-8-14-10/h4-5,8H,6-7,9,12H2,1-3H3. The fourth-order valence-electron chi connectivity index (χ4n) is 1.39. The smallest absolute Gasteiger partial charge is 0.0330 e. The maximum Gasteiger partial charge on any atom is 0.0330 e. The Morgan fingerprint density at radius 2 is 2.21 bits per heavy atom. The van der Waals surface area contributed by atoms with Crippen LogP contribution in [0.15, 0.2) is 17.5 Å². The highest BCUT2D eigenvalue weighted by Crippen LogP contribution is 2.20. The number of thiophene rings is 1. The Morgan fingerprint density at radius 3 is 2.71 bits per heavy atom. The van der Waals surface area contributed by atoms with Crippen LogP contribution in [0.3, 0.4) is 0 Å². The van der Waals surface area contributed by atoms with Crippen molar-refractivity contribution in [3.8, 4) is 0 Å². The van der Waals surface area contributed by atoms with E-state index in [9.17, 15) is 0 Å². The van der Waals surface area contributed by atoms with E-state index in [-0.39, 0.29) is 5.54 Å². The second-order valence-corrected chi connectivity index (χ2v) is 5.32. The van der Waals surface area contributed by atoms with Crippen LogP contribution in [0.1, 0.15) is 25.1 Å². The molecule has 0 aliphatic carbocycles. The summed E-state index contributed by atoms with van der Waals surface area (Å²) in [5.41, 5.74) is 5.79. The molecule has 80 valence electrons. The number of nitrogens with zero attached hydrogens (tertiary/aromatic N) is 1. The molecule has 14 heavy (non-hydrogen) atoms. The van der Waals surface area contributed by atoms with Crippen LogP contribution in [0.2, 0.25) is 0 Å². The first-order valence-electron chi connectivity index (χ1n) is 5.00. The minimum absolute atomic E-state index is 0.193. The van der Waals surface area contributed by atoms with E-state index in [1.807, 2.05) is 11.3 Å². The van der Waals surface area contributed by atoms with Crippen molar-refractivity contribution in [2.75, 3.05) is 13.6 Å². The Balaban J connectivity index is 2.52. The van der Waals surface area contributed by atoms with Gasteiger partial charge in [-0.05, 0) is 45.3 Å². The van der Waals surface area contributed by atoms with Gasteiger partial charge in [0, 0.05) is 17.0 Å². The molecule has 1 heterocycles. The lowest BCUT2D eigenvalue weighted by Gasteiger charge is -2.35. The van der Waals surface area contributed by atoms with Crippen molar-refractivity contribution in [2.24, 2.45) is 5.73 Å². The predicted molar refractivity (Wildman–Crippen MR) is 63.5 cm³/mol. The largest absolute Gasteiger partial charge is 0.330 e. The lowest BCUT2D eigenvalue weighted by molar-refractivity contribution is 0.141. The molecule has 1 aromatic heterocycles. The van der Waals surface area contributed by atoms with Gasteiger partial charge in [0.2, 0.25) is 0 Å². The average molecular weight is 212 g/mol. The molecule has 0 radical (unpaired) electrons. The topological polar surface area (TPSA) is 29.3 Å². The molecule has 0 saturated carbocycles. The molecule has 1 aromatic rings. The van der Waals surface area contributed by atoms with E-state index in [4.69, 9.17) is 5.73 Å². The van der Waals surface area contributed by atoms with Crippen LogP contribution >= 0.6 is 11.3 Å². The number of nitrogens with two attached hydrogens (primary N) is 1. The zero-order valence-electron chi connectivity index (χ0n) is 9.29. The lowest BCUT2D eigenvalue weighted by atomic mass is 9.99. The van der Waals surface area contributed by atoms with Crippen LogP contribution in [-0.4, -0.2) is 24.0 Å². The van der Waals surface area contributed by atoms with Crippen LogP contribution < -0.4 is 5.73 Å². The van der Waals surface area contributed by atoms with Gasteiger partial charge in [-0.2, -0.15) is 0 Å². The SMILES string of the molecule is CN(Cc1cccs1)C(C)(C)CCN. The minimum atomic E-state index is 0.193. The van der Waals surface area contributed by atoms with E-state index >= 15 is 0 Å². The number of rotatable bonds is 5. The van der Waals surface area contributed by atoms with Gasteiger partial charge in [0.05, 0.1) is 0 Å². The summed E-state index contributed by atoms with van der Waals surface area (Å²) in [7, 11) is 2.16. The average Bonchev–Trinajstić information content (AvgIpc) is 2.56. The molecule has 0 aliphatic heterocycles. The van der Waals surface area contributed by atoms with E-state index in [1.165, 1.54) is 4.88 Å². The molecule has 2 nitrogen and oxygen atoms in total. The molecule has 0 bridgehead atoms. The molecule has 0 amide bonds. The van der Waals surface area contributed by atoms with Gasteiger partial charge < -0.3 is 5.73 Å². The van der Waals surface area contributed by atoms with Crippen LogP contribution in [0.4, 0.5) is 0 Å². The molecule has 0 unspecified atom stereocenters. The molecule has 0 atom stereocenters. The highest BCUT2D eigenvalue weighted by molar-refractivity contribution is 7.09. The number of hydrogen-bond acceptors (Lipinski definition) is 3. The predicted octanol–water partition coefficient (Wildman–Crippen LogP) is 2.31. The van der Waals surface area contributed by atoms with Crippen LogP contribution in [0, 0.1) is 0 Å². The van der Waals surface area contributed by atoms with Crippen molar-refractivity contribution >= 4 is 11.3 Å². The van der Waals surface area contributed by atoms with Gasteiger partial charge in [-0.15, -0.1) is 11.3 Å². The molecular formula is C11H20N2S. The van der Waals surface area contributed by atoms with Gasteiger partial charge in [0.1, 0.15) is 0 Å². The molecule has 0 spiro atoms. The second-order valence-electron chi connectivity index (χ2n) is 4.29. The van der Waals surface area contributed by atoms with Crippen molar-refractivity contribution in [3.05, 3.63) is 22.4 Å². The second kappa shape index (κ2) is 4.91. The number of hydrogen-bond donors (Lipinski definition) is 1. The summed E-state index contributed by atoms with van der Waals surface area (Å²) in [6.07, 6.45) is 1.04. The first kappa shape index (κ1) is 11.7. The summed E-state index contributed by atoms with van der Waals surface area (Å²) in [5.74, 6) is 0. The Hall–Kier alpha value is -0.380. The Morgan fingerprint density at radius 1 is 1.50 bits per heavy atom. The minimum Gasteiger partial charge on any atom is -0.330 e. The molecule has 0 aromatic carbocycles. The summed E-state index contributed by atoms with van der Waals surface area (Å²) >= 11 is 1.81. The molecule has 0 fully saturated rings. The van der Waals surface area contributed by atoms with Gasteiger partial charge in [0.15, 0.2) is 0 Å². The van der Waals surface area contributed by atoms with Gasteiger partial charge in [-0.25, -0.2) is 0 Å². The van der Waals surface area contributed by atoms with Gasteiger partial charge >= 0.3 is 0 Å². The van der Waals surface area contributed by atoms with Crippen molar-refractivity contribution in [1.82, 2.24) is 4.90 Å². The zero-order valence-corrected chi connectivity index (χ0v) is 10.1. The van der Waals surface area contributed by atoms with E-state index in [0.29, 0.717) is 0 Å². The van der Waals surface area contributed by atoms with E-state index in [2.05, 4.69) is 43.3 Å². The van der Waals surface area contributed by atoms with E-state index < -0.39 is 0 Å². The van der Waals surface area contributed by atoms with Crippen molar-refractivity contribution in [3.63, 3.8) is 0 Å². The van der Waals surface area contributed by atoms with E-state index in [0.717, 1.165) is 19.5 Å². The Labute approximate surface area is 90.7 Å². The van der Waals surface area contributed by atoms with E-state index in [1.54, 1.807) is 0 Å². The molecule has 1 rings (SSSR count). The van der Waals surface area contributed by atoms with Gasteiger partial charge in [-0.1, -0.05) is 6.07 Å². The normalized spacial score (nSPS) is 12.4. The van der Waals surface area contributed by atoms with Gasteiger partial charge in [0.25, 0.3) is 0 Å². The third-order valence-electron chi connectivity index (χ3n) is 2.76. The highest BCUT2D eigenvalue weighted by Gasteiger charge is 2.22. The molecule has 0 aliphatic rings. The summed E-state index contributed by atoms with van der Waals surface area (Å²) in [6.45, 7) is 6.26. The lowest BCUT2D eigenvalue weighted by Crippen LogP contribution is -2.41. The maximum atomic E-state index is 5.60. The summed E-state index contributed by atoms with van der Waals surface area (Å²) < 4.78 is 0. The fourth-order valence-corrected chi connectivity index (χ4v) is 2.15. The first-order chi connectivity index (χ1) is 6.56. The quantitative estimate of drug-likeness (QED) is 0.811. The van der Waals surface area contributed by atoms with Crippen molar-refractivity contribution < 1.29 is 0 Å². The monoisotopic (exact) mass is 212 g/mol. The Kier molecular flexibility index (Phi) is 4.11. The molecule has 3 heteroatoms. The van der Waals surface area contributed by atoms with Crippen LogP contribution in [-0.2, 0) is 6.54 Å². The maximum absolute atomic E-state index is 5.60. The highest BCUT2D eigenvalue weighted by atomic mass is 32.1. The van der Waals surface area contributed by atoms with Crippen LogP contribution in [0.5, 0.6) is 0 Å². The summed E-state index contributed by atoms with van der Waals surface area (Å²) in [4.78, 5) is 3.78. The molecular weight excluding hydrogens is 192 g/mol. The van der Waals surface area contributed by atoms with Gasteiger partial charge in [-0.3, -0.25) is 4.90 Å². The zero-order chi connectivity index (χ0) is 10.6. The summed E-state index contributed by atoms with van der Waals surface area (Å²) in [5, 5.41) is 2.12. The third-order valence-corrected chi connectivity index (χ3v) is 3.62. The molecule has 0 saturated heterocycles. The van der Waals surface area contributed by atoms with Crippen molar-refractivity contribution in [1.29, 1.82) is 0 Å². The Bertz CT molecular complexity index is 254.